The number of ether oxygens (including phenoxy) is 1. The van der Waals surface area contributed by atoms with Gasteiger partial charge in [0, 0.05) is 11.9 Å². The Hall–Kier alpha value is -3.21. The number of benzene rings is 2. The fraction of sp³-hybridized carbons (Fsp3) is 0.190. The molecule has 132 valence electrons. The summed E-state index contributed by atoms with van der Waals surface area (Å²) in [5, 5.41) is 3.69. The number of fused-ring (bicyclic) bond motifs is 1. The van der Waals surface area contributed by atoms with Crippen molar-refractivity contribution in [2.75, 3.05) is 6.61 Å². The van der Waals surface area contributed by atoms with Gasteiger partial charge in [0.25, 0.3) is 5.91 Å². The summed E-state index contributed by atoms with van der Waals surface area (Å²) in [5.41, 5.74) is 4.28. The van der Waals surface area contributed by atoms with Gasteiger partial charge in [-0.05, 0) is 42.7 Å². The Morgan fingerprint density at radius 3 is 2.62 bits per heavy atom. The number of aromatic nitrogens is 1. The summed E-state index contributed by atoms with van der Waals surface area (Å²) in [4.78, 5) is 28.3. The van der Waals surface area contributed by atoms with Gasteiger partial charge < -0.3 is 10.1 Å². The van der Waals surface area contributed by atoms with E-state index < -0.39 is 5.97 Å². The van der Waals surface area contributed by atoms with Crippen molar-refractivity contribution in [3.63, 3.8) is 0 Å². The summed E-state index contributed by atoms with van der Waals surface area (Å²) in [5.74, 6) is -0.963. The molecule has 2 aromatic carbocycles. The lowest BCUT2D eigenvalue weighted by Gasteiger charge is -2.08. The van der Waals surface area contributed by atoms with Gasteiger partial charge in [-0.3, -0.25) is 4.79 Å². The van der Waals surface area contributed by atoms with Crippen molar-refractivity contribution in [3.8, 4) is 0 Å². The van der Waals surface area contributed by atoms with E-state index in [9.17, 15) is 9.59 Å². The highest BCUT2D eigenvalue weighted by molar-refractivity contribution is 5.92. The maximum Gasteiger partial charge on any atom is 0.357 e. The molecule has 0 aliphatic rings. The zero-order chi connectivity index (χ0) is 18.5. The predicted molar refractivity (Wildman–Crippen MR) is 99.8 cm³/mol. The highest BCUT2D eigenvalue weighted by Gasteiger charge is 2.12. The van der Waals surface area contributed by atoms with Crippen molar-refractivity contribution < 1.29 is 14.3 Å². The van der Waals surface area contributed by atoms with E-state index in [1.54, 1.807) is 12.1 Å². The van der Waals surface area contributed by atoms with Crippen LogP contribution in [0.25, 0.3) is 10.9 Å². The first-order valence-electron chi connectivity index (χ1n) is 8.38. The molecule has 5 heteroatoms. The quantitative estimate of drug-likeness (QED) is 0.718. The summed E-state index contributed by atoms with van der Waals surface area (Å²) < 4.78 is 5.06. The molecule has 0 unspecified atom stereocenters. The minimum absolute atomic E-state index is 0.186. The molecule has 0 saturated heterocycles. The molecule has 26 heavy (non-hydrogen) atoms. The van der Waals surface area contributed by atoms with Crippen molar-refractivity contribution in [1.29, 1.82) is 0 Å². The van der Waals surface area contributed by atoms with Gasteiger partial charge >= 0.3 is 5.97 Å². The van der Waals surface area contributed by atoms with E-state index in [0.29, 0.717) is 12.1 Å². The number of amides is 1. The van der Waals surface area contributed by atoms with Crippen molar-refractivity contribution in [2.24, 2.45) is 0 Å². The Bertz CT molecular complexity index is 966. The summed E-state index contributed by atoms with van der Waals surface area (Å²) in [6, 6.07) is 16.9. The van der Waals surface area contributed by atoms with Crippen LogP contribution >= 0.6 is 0 Å². The Morgan fingerprint density at radius 1 is 1.00 bits per heavy atom. The molecule has 3 rings (SSSR count). The smallest absolute Gasteiger partial charge is 0.357 e. The third-order valence-corrected chi connectivity index (χ3v) is 4.20. The van der Waals surface area contributed by atoms with E-state index >= 15 is 0 Å². The largest absolute Gasteiger partial charge is 0.451 e. The van der Waals surface area contributed by atoms with Crippen molar-refractivity contribution in [1.82, 2.24) is 10.3 Å². The molecule has 0 aliphatic heterocycles. The number of nitrogens with one attached hydrogen (secondary N) is 1. The molecule has 1 heterocycles. The number of pyridine rings is 1. The second kappa shape index (κ2) is 7.78. The Balaban J connectivity index is 1.53. The Morgan fingerprint density at radius 2 is 1.81 bits per heavy atom. The van der Waals surface area contributed by atoms with Crippen LogP contribution in [0.2, 0.25) is 0 Å². The number of nitrogens with zero attached hydrogens (tertiary/aromatic N) is 1. The minimum atomic E-state index is -0.614. The molecule has 0 fully saturated rings. The molecular weight excluding hydrogens is 328 g/mol. The molecule has 0 saturated carbocycles. The molecular formula is C21H20N2O3. The van der Waals surface area contributed by atoms with Crippen molar-refractivity contribution >= 4 is 22.8 Å². The standard InChI is InChI=1S/C21H20N2O3/c1-14-7-8-16(11-15(14)2)12-22-20(24)13-26-21(25)19-10-9-17-5-3-4-6-18(17)23-19/h3-11H,12-13H2,1-2H3,(H,22,24). The average molecular weight is 348 g/mol. The number of aryl methyl sites for hydroxylation is 2. The zero-order valence-corrected chi connectivity index (χ0v) is 14.8. The van der Waals surface area contributed by atoms with E-state index in [2.05, 4.69) is 10.3 Å². The lowest BCUT2D eigenvalue weighted by atomic mass is 10.1. The van der Waals surface area contributed by atoms with Crippen molar-refractivity contribution in [2.45, 2.75) is 20.4 Å². The van der Waals surface area contributed by atoms with Gasteiger partial charge in [-0.15, -0.1) is 0 Å². The normalized spacial score (nSPS) is 10.5. The van der Waals surface area contributed by atoms with Crippen LogP contribution in [0.5, 0.6) is 0 Å². The van der Waals surface area contributed by atoms with Crippen LogP contribution < -0.4 is 5.32 Å². The molecule has 1 N–H and O–H groups in total. The second-order valence-electron chi connectivity index (χ2n) is 6.16. The van der Waals surface area contributed by atoms with Crippen LogP contribution in [0, 0.1) is 13.8 Å². The Kier molecular flexibility index (Phi) is 5.27. The molecule has 0 spiro atoms. The number of hydrogen-bond donors (Lipinski definition) is 1. The lowest BCUT2D eigenvalue weighted by molar-refractivity contribution is -0.124. The summed E-state index contributed by atoms with van der Waals surface area (Å²) >= 11 is 0. The monoisotopic (exact) mass is 348 g/mol. The number of carbonyl (C=O) groups excluding carboxylic acids is 2. The van der Waals surface area contributed by atoms with E-state index in [0.717, 1.165) is 10.9 Å². The number of hydrogen-bond acceptors (Lipinski definition) is 4. The molecule has 0 atom stereocenters. The first-order chi connectivity index (χ1) is 12.5. The summed E-state index contributed by atoms with van der Waals surface area (Å²) in [6.07, 6.45) is 0. The Labute approximate surface area is 152 Å². The highest BCUT2D eigenvalue weighted by Crippen LogP contribution is 2.12. The number of rotatable bonds is 5. The lowest BCUT2D eigenvalue weighted by Crippen LogP contribution is -2.28. The van der Waals surface area contributed by atoms with E-state index in [1.165, 1.54) is 11.1 Å². The number of esters is 1. The first kappa shape index (κ1) is 17.6. The SMILES string of the molecule is Cc1ccc(CNC(=O)COC(=O)c2ccc3ccccc3n2)cc1C. The van der Waals surface area contributed by atoms with E-state index in [1.807, 2.05) is 56.3 Å². The third-order valence-electron chi connectivity index (χ3n) is 4.20. The molecule has 0 aliphatic carbocycles. The topological polar surface area (TPSA) is 68.3 Å². The fourth-order valence-electron chi connectivity index (χ4n) is 2.55. The van der Waals surface area contributed by atoms with Crippen molar-refractivity contribution in [3.05, 3.63) is 77.0 Å². The van der Waals surface area contributed by atoms with Crippen LogP contribution in [0.3, 0.4) is 0 Å². The van der Waals surface area contributed by atoms with Crippen LogP contribution in [0.1, 0.15) is 27.2 Å². The maximum absolute atomic E-state index is 12.1. The predicted octanol–water partition coefficient (Wildman–Crippen LogP) is 3.32. The van der Waals surface area contributed by atoms with Crippen LogP contribution in [0.15, 0.2) is 54.6 Å². The molecule has 3 aromatic rings. The van der Waals surface area contributed by atoms with E-state index in [-0.39, 0.29) is 18.2 Å². The molecule has 5 nitrogen and oxygen atoms in total. The first-order valence-corrected chi connectivity index (χ1v) is 8.38. The van der Waals surface area contributed by atoms with Gasteiger partial charge in [-0.25, -0.2) is 9.78 Å². The second-order valence-corrected chi connectivity index (χ2v) is 6.16. The van der Waals surface area contributed by atoms with Gasteiger partial charge in [0.05, 0.1) is 5.52 Å². The summed E-state index contributed by atoms with van der Waals surface area (Å²) in [6.45, 7) is 4.13. The third kappa shape index (κ3) is 4.25. The minimum Gasteiger partial charge on any atom is -0.451 e. The molecule has 1 aromatic heterocycles. The van der Waals surface area contributed by atoms with Crippen LogP contribution in [0.4, 0.5) is 0 Å². The summed E-state index contributed by atoms with van der Waals surface area (Å²) in [7, 11) is 0. The average Bonchev–Trinajstić information content (AvgIpc) is 2.66. The molecule has 0 radical (unpaired) electrons. The molecule has 1 amide bonds. The van der Waals surface area contributed by atoms with Crippen LogP contribution in [-0.2, 0) is 16.1 Å². The highest BCUT2D eigenvalue weighted by atomic mass is 16.5. The van der Waals surface area contributed by atoms with Crippen LogP contribution in [-0.4, -0.2) is 23.5 Å². The fourth-order valence-corrected chi connectivity index (χ4v) is 2.55. The number of para-hydroxylation sites is 1. The van der Waals surface area contributed by atoms with Gasteiger partial charge in [0.2, 0.25) is 0 Å². The van der Waals surface area contributed by atoms with E-state index in [4.69, 9.17) is 4.74 Å². The maximum atomic E-state index is 12.1. The van der Waals surface area contributed by atoms with Gasteiger partial charge in [-0.1, -0.05) is 42.5 Å². The molecule has 0 bridgehead atoms. The number of carbonyl (C=O) groups is 2. The van der Waals surface area contributed by atoms with Gasteiger partial charge in [0.15, 0.2) is 6.61 Å². The van der Waals surface area contributed by atoms with Gasteiger partial charge in [0.1, 0.15) is 5.69 Å². The van der Waals surface area contributed by atoms with Gasteiger partial charge in [-0.2, -0.15) is 0 Å². The zero-order valence-electron chi connectivity index (χ0n) is 14.8.